The molecule has 0 saturated heterocycles. The molecule has 0 saturated carbocycles. The number of carboxylic acid groups (broad SMARTS) is 1. The van der Waals surface area contributed by atoms with Crippen LogP contribution in [0.15, 0.2) is 53.6 Å². The van der Waals surface area contributed by atoms with Crippen LogP contribution in [-0.2, 0) is 9.59 Å². The Kier molecular flexibility index (Phi) is 6.10. The number of pyridine rings is 1. The van der Waals surface area contributed by atoms with Crippen molar-refractivity contribution in [3.63, 3.8) is 0 Å². The topological polar surface area (TPSA) is 92.1 Å². The van der Waals surface area contributed by atoms with Crippen LogP contribution in [0, 0.1) is 6.92 Å². The first-order valence-electron chi connectivity index (χ1n) is 10.2. The molecule has 0 fully saturated rings. The van der Waals surface area contributed by atoms with E-state index < -0.39 is 12.0 Å². The molecule has 2 aromatic carbocycles. The third kappa shape index (κ3) is 4.43. The highest BCUT2D eigenvalue weighted by molar-refractivity contribution is 6.30. The second-order valence-electron chi connectivity index (χ2n) is 7.69. The number of rotatable bonds is 6. The van der Waals surface area contributed by atoms with E-state index in [4.69, 9.17) is 21.4 Å². The highest BCUT2D eigenvalue weighted by Crippen LogP contribution is 2.38. The van der Waals surface area contributed by atoms with E-state index in [-0.39, 0.29) is 18.7 Å². The largest absolute Gasteiger partial charge is 0.497 e. The Morgan fingerprint density at radius 1 is 1.16 bits per heavy atom. The summed E-state index contributed by atoms with van der Waals surface area (Å²) < 4.78 is 5.22. The molecule has 1 unspecified atom stereocenters. The van der Waals surface area contributed by atoms with Gasteiger partial charge in [-0.3, -0.25) is 9.59 Å². The van der Waals surface area contributed by atoms with Crippen molar-refractivity contribution in [1.29, 1.82) is 0 Å². The van der Waals surface area contributed by atoms with E-state index in [1.807, 2.05) is 55.5 Å². The predicted octanol–water partition coefficient (Wildman–Crippen LogP) is 4.75. The minimum absolute atomic E-state index is 0.150. The zero-order valence-corrected chi connectivity index (χ0v) is 18.5. The molecule has 0 bridgehead atoms. The summed E-state index contributed by atoms with van der Waals surface area (Å²) in [5.74, 6) is -0.689. The number of nitrogens with zero attached hydrogens (tertiary/aromatic N) is 3. The summed E-state index contributed by atoms with van der Waals surface area (Å²) in [5, 5.41) is 16.1. The average Bonchev–Trinajstić information content (AvgIpc) is 3.22. The lowest BCUT2D eigenvalue weighted by molar-refractivity contribution is -0.141. The molecule has 0 radical (unpaired) electrons. The predicted molar refractivity (Wildman–Crippen MR) is 122 cm³/mol. The molecule has 1 atom stereocenters. The number of hydrogen-bond acceptors (Lipinski definition) is 5. The van der Waals surface area contributed by atoms with Crippen molar-refractivity contribution >= 4 is 40.1 Å². The summed E-state index contributed by atoms with van der Waals surface area (Å²) in [7, 11) is 1.59. The molecule has 3 aromatic rings. The van der Waals surface area contributed by atoms with Gasteiger partial charge in [0.05, 0.1) is 30.8 Å². The Morgan fingerprint density at radius 3 is 2.59 bits per heavy atom. The number of methoxy groups -OCH3 is 1. The fourth-order valence-electron chi connectivity index (χ4n) is 3.77. The van der Waals surface area contributed by atoms with E-state index in [2.05, 4.69) is 10.1 Å². The number of aromatic nitrogens is 1. The Morgan fingerprint density at radius 2 is 1.91 bits per heavy atom. The van der Waals surface area contributed by atoms with E-state index in [9.17, 15) is 9.59 Å². The molecule has 0 spiro atoms. The van der Waals surface area contributed by atoms with Crippen molar-refractivity contribution in [2.24, 2.45) is 5.10 Å². The van der Waals surface area contributed by atoms with E-state index in [1.165, 1.54) is 5.01 Å². The standard InChI is InChI=1S/C24H22ClN3O4/c1-14-3-4-16-12-18(24(25)26-19(16)11-14)21-13-20(15-5-7-17(32-2)8-6-15)27-28(21)22(29)9-10-23(30)31/h3-8,11-12,21H,9-10,13H2,1-2H3,(H,30,31). The average molecular weight is 452 g/mol. The van der Waals surface area contributed by atoms with Gasteiger partial charge in [-0.1, -0.05) is 23.7 Å². The highest BCUT2D eigenvalue weighted by atomic mass is 35.5. The maximum absolute atomic E-state index is 12.9. The van der Waals surface area contributed by atoms with Crippen molar-refractivity contribution in [2.75, 3.05) is 7.11 Å². The molecule has 1 amide bonds. The number of carbonyl (C=O) groups excluding carboxylic acids is 1. The lowest BCUT2D eigenvalue weighted by Crippen LogP contribution is -2.27. The first kappa shape index (κ1) is 21.8. The molecule has 1 aliphatic rings. The smallest absolute Gasteiger partial charge is 0.303 e. The summed E-state index contributed by atoms with van der Waals surface area (Å²) in [5.41, 5.74) is 4.09. The first-order valence-corrected chi connectivity index (χ1v) is 10.6. The molecule has 2 heterocycles. The second kappa shape index (κ2) is 8.96. The van der Waals surface area contributed by atoms with Crippen LogP contribution in [0.3, 0.4) is 0 Å². The summed E-state index contributed by atoms with van der Waals surface area (Å²) in [6.45, 7) is 1.98. The van der Waals surface area contributed by atoms with Gasteiger partial charge in [-0.05, 0) is 54.4 Å². The van der Waals surface area contributed by atoms with Crippen molar-refractivity contribution in [3.05, 3.63) is 70.4 Å². The number of hydrazone groups is 1. The molecule has 8 heteroatoms. The number of fused-ring (bicyclic) bond motifs is 1. The third-order valence-corrected chi connectivity index (χ3v) is 5.76. The molecule has 1 N–H and O–H groups in total. The number of hydrogen-bond donors (Lipinski definition) is 1. The Balaban J connectivity index is 1.72. The molecule has 7 nitrogen and oxygen atoms in total. The molecule has 32 heavy (non-hydrogen) atoms. The minimum Gasteiger partial charge on any atom is -0.497 e. The van der Waals surface area contributed by atoms with Gasteiger partial charge in [-0.15, -0.1) is 0 Å². The summed E-state index contributed by atoms with van der Waals surface area (Å²) in [6.07, 6.45) is 0.0192. The van der Waals surface area contributed by atoms with E-state index in [0.29, 0.717) is 22.8 Å². The monoisotopic (exact) mass is 451 g/mol. The quantitative estimate of drug-likeness (QED) is 0.546. The first-order chi connectivity index (χ1) is 15.4. The summed E-state index contributed by atoms with van der Waals surface area (Å²) >= 11 is 6.56. The molecule has 164 valence electrons. The SMILES string of the molecule is COc1ccc(C2=NN(C(=O)CCC(=O)O)C(c3cc4ccc(C)cc4nc3Cl)C2)cc1. The van der Waals surface area contributed by atoms with E-state index >= 15 is 0 Å². The van der Waals surface area contributed by atoms with Crippen LogP contribution in [0.1, 0.15) is 42.0 Å². The molecule has 4 rings (SSSR count). The van der Waals surface area contributed by atoms with Crippen LogP contribution < -0.4 is 4.74 Å². The Hall–Kier alpha value is -3.45. The highest BCUT2D eigenvalue weighted by Gasteiger charge is 2.35. The van der Waals surface area contributed by atoms with Crippen LogP contribution in [0.25, 0.3) is 10.9 Å². The van der Waals surface area contributed by atoms with Gasteiger partial charge in [-0.25, -0.2) is 9.99 Å². The van der Waals surface area contributed by atoms with Gasteiger partial charge in [0, 0.05) is 23.8 Å². The number of carboxylic acids is 1. The van der Waals surface area contributed by atoms with Crippen molar-refractivity contribution < 1.29 is 19.4 Å². The molecule has 1 aliphatic heterocycles. The number of ether oxygens (including phenoxy) is 1. The van der Waals surface area contributed by atoms with Crippen molar-refractivity contribution in [1.82, 2.24) is 9.99 Å². The van der Waals surface area contributed by atoms with Crippen molar-refractivity contribution in [3.8, 4) is 5.75 Å². The zero-order valence-electron chi connectivity index (χ0n) is 17.7. The number of halogens is 1. The normalized spacial score (nSPS) is 15.7. The van der Waals surface area contributed by atoms with Gasteiger partial charge >= 0.3 is 5.97 Å². The van der Waals surface area contributed by atoms with Crippen LogP contribution in [0.2, 0.25) is 5.15 Å². The summed E-state index contributed by atoms with van der Waals surface area (Å²) in [4.78, 5) is 28.4. The number of amides is 1. The minimum atomic E-state index is -1.03. The fraction of sp³-hybridized carbons (Fsp3) is 0.250. The van der Waals surface area contributed by atoms with Crippen LogP contribution in [0.5, 0.6) is 5.75 Å². The lowest BCUT2D eigenvalue weighted by atomic mass is 9.98. The van der Waals surface area contributed by atoms with Gasteiger partial charge in [0.2, 0.25) is 5.91 Å². The Bertz CT molecular complexity index is 1220. The molecule has 1 aromatic heterocycles. The zero-order chi connectivity index (χ0) is 22.8. The second-order valence-corrected chi connectivity index (χ2v) is 8.05. The van der Waals surface area contributed by atoms with E-state index in [1.54, 1.807) is 7.11 Å². The molecular formula is C24H22ClN3O4. The van der Waals surface area contributed by atoms with Gasteiger partial charge in [0.15, 0.2) is 0 Å². The number of aryl methyl sites for hydroxylation is 1. The molecule has 0 aliphatic carbocycles. The number of aliphatic carboxylic acids is 1. The van der Waals surface area contributed by atoms with Gasteiger partial charge < -0.3 is 9.84 Å². The number of carbonyl (C=O) groups is 2. The lowest BCUT2D eigenvalue weighted by Gasteiger charge is -2.23. The molecular weight excluding hydrogens is 430 g/mol. The van der Waals surface area contributed by atoms with Gasteiger partial charge in [-0.2, -0.15) is 5.10 Å². The maximum atomic E-state index is 12.9. The van der Waals surface area contributed by atoms with Crippen molar-refractivity contribution in [2.45, 2.75) is 32.2 Å². The third-order valence-electron chi connectivity index (χ3n) is 5.45. The summed E-state index contributed by atoms with van der Waals surface area (Å²) in [6, 6.07) is 14.8. The van der Waals surface area contributed by atoms with Gasteiger partial charge in [0.25, 0.3) is 0 Å². The maximum Gasteiger partial charge on any atom is 0.303 e. The Labute approximate surface area is 190 Å². The van der Waals surface area contributed by atoms with E-state index in [0.717, 1.165) is 27.8 Å². The number of benzene rings is 2. The van der Waals surface area contributed by atoms with Crippen LogP contribution >= 0.6 is 11.6 Å². The van der Waals surface area contributed by atoms with Gasteiger partial charge in [0.1, 0.15) is 10.9 Å². The fourth-order valence-corrected chi connectivity index (χ4v) is 4.04. The van der Waals surface area contributed by atoms with Crippen LogP contribution in [0.4, 0.5) is 0 Å². The van der Waals surface area contributed by atoms with Crippen LogP contribution in [-0.4, -0.2) is 39.8 Å².